The van der Waals surface area contributed by atoms with Crippen LogP contribution in [-0.2, 0) is 0 Å². The number of ether oxygens (including phenoxy) is 2. The van der Waals surface area contributed by atoms with Crippen LogP contribution in [0.4, 0.5) is 4.79 Å². The Kier molecular flexibility index (Phi) is 7.67. The highest BCUT2D eigenvalue weighted by Crippen LogP contribution is 2.16. The van der Waals surface area contributed by atoms with E-state index in [2.05, 4.69) is 21.1 Å². The first kappa shape index (κ1) is 19.0. The first-order valence-electron chi connectivity index (χ1n) is 8.30. The minimum Gasteiger partial charge on any atom is -0.493 e. The van der Waals surface area contributed by atoms with E-state index in [9.17, 15) is 4.79 Å². The number of hydrazone groups is 2. The van der Waals surface area contributed by atoms with Crippen molar-refractivity contribution in [1.82, 2.24) is 10.9 Å². The number of amides is 2. The number of rotatable bonds is 8. The predicted octanol–water partition coefficient (Wildman–Crippen LogP) is 3.15. The molecule has 0 heterocycles. The number of carbonyl (C=O) groups is 1. The summed E-state index contributed by atoms with van der Waals surface area (Å²) in [7, 11) is 0. The number of benzene rings is 2. The molecule has 0 atom stereocenters. The summed E-state index contributed by atoms with van der Waals surface area (Å²) >= 11 is 0. The molecular weight excluding hydrogens is 332 g/mol. The first-order valence-corrected chi connectivity index (χ1v) is 8.30. The molecule has 7 heteroatoms. The van der Waals surface area contributed by atoms with Crippen LogP contribution in [0.2, 0.25) is 0 Å². The molecular formula is C19H22N4O3. The van der Waals surface area contributed by atoms with E-state index >= 15 is 0 Å². The van der Waals surface area contributed by atoms with Gasteiger partial charge in [-0.2, -0.15) is 10.2 Å². The Balaban J connectivity index is 1.88. The minimum atomic E-state index is -0.555. The van der Waals surface area contributed by atoms with Crippen LogP contribution >= 0.6 is 0 Å². The highest BCUT2D eigenvalue weighted by atomic mass is 16.5. The lowest BCUT2D eigenvalue weighted by Gasteiger charge is -2.06. The Morgan fingerprint density at radius 3 is 1.69 bits per heavy atom. The zero-order valence-corrected chi connectivity index (χ0v) is 14.8. The number of hydrogen-bond donors (Lipinski definition) is 2. The molecule has 0 saturated heterocycles. The molecule has 2 aromatic rings. The molecule has 7 nitrogen and oxygen atoms in total. The number of para-hydroxylation sites is 2. The van der Waals surface area contributed by atoms with Gasteiger partial charge in [-0.05, 0) is 38.1 Å². The molecule has 136 valence electrons. The standard InChI is InChI=1S/C19H22N4O3/c1-3-25-17-11-7-5-9-15(17)13-20-22-19(24)23-21-14-16-10-6-8-12-18(16)26-4-2/h5-14H,3-4H2,1-2H3,(H2,22,23,24)/b20-13+,21-14?. The zero-order chi connectivity index (χ0) is 18.6. The number of urea groups is 1. The molecule has 0 radical (unpaired) electrons. The molecule has 26 heavy (non-hydrogen) atoms. The van der Waals surface area contributed by atoms with Gasteiger partial charge in [-0.25, -0.2) is 15.6 Å². The van der Waals surface area contributed by atoms with Crippen LogP contribution in [0.5, 0.6) is 11.5 Å². The Labute approximate surface area is 152 Å². The van der Waals surface area contributed by atoms with E-state index in [0.717, 1.165) is 11.1 Å². The normalized spacial score (nSPS) is 10.8. The molecule has 0 aliphatic carbocycles. The fourth-order valence-electron chi connectivity index (χ4n) is 2.09. The lowest BCUT2D eigenvalue weighted by molar-refractivity contribution is 0.242. The van der Waals surface area contributed by atoms with E-state index in [1.54, 1.807) is 0 Å². The Morgan fingerprint density at radius 2 is 1.27 bits per heavy atom. The van der Waals surface area contributed by atoms with E-state index < -0.39 is 6.03 Å². The van der Waals surface area contributed by atoms with Crippen molar-refractivity contribution in [1.29, 1.82) is 0 Å². The summed E-state index contributed by atoms with van der Waals surface area (Å²) in [5.74, 6) is 1.40. The van der Waals surface area contributed by atoms with Crippen LogP contribution in [0.15, 0.2) is 58.7 Å². The number of hydrogen-bond acceptors (Lipinski definition) is 5. The van der Waals surface area contributed by atoms with Crippen LogP contribution in [0.1, 0.15) is 25.0 Å². The summed E-state index contributed by atoms with van der Waals surface area (Å²) in [5.41, 5.74) is 6.23. The SMILES string of the molecule is CCOc1ccccc1C=NNC(=O)N/N=C/c1ccccc1OCC. The number of nitrogens with zero attached hydrogens (tertiary/aromatic N) is 2. The number of carbonyl (C=O) groups excluding carboxylic acids is 1. The molecule has 2 rings (SSSR count). The maximum atomic E-state index is 11.7. The summed E-state index contributed by atoms with van der Waals surface area (Å²) in [6.45, 7) is 4.91. The van der Waals surface area contributed by atoms with Gasteiger partial charge in [-0.3, -0.25) is 0 Å². The zero-order valence-electron chi connectivity index (χ0n) is 14.8. The van der Waals surface area contributed by atoms with Gasteiger partial charge in [0.05, 0.1) is 25.6 Å². The van der Waals surface area contributed by atoms with E-state index in [1.165, 1.54) is 12.4 Å². The summed E-state index contributed by atoms with van der Waals surface area (Å²) in [4.78, 5) is 11.7. The smallest absolute Gasteiger partial charge is 0.355 e. The molecule has 0 aliphatic rings. The van der Waals surface area contributed by atoms with Crippen molar-refractivity contribution in [2.45, 2.75) is 13.8 Å². The average Bonchev–Trinajstić information content (AvgIpc) is 2.65. The van der Waals surface area contributed by atoms with Gasteiger partial charge in [0.2, 0.25) is 0 Å². The third kappa shape index (κ3) is 5.94. The minimum absolute atomic E-state index is 0.552. The first-order chi connectivity index (χ1) is 12.7. The van der Waals surface area contributed by atoms with Gasteiger partial charge in [0, 0.05) is 11.1 Å². The molecule has 0 spiro atoms. The summed E-state index contributed by atoms with van der Waals surface area (Å²) in [6.07, 6.45) is 3.03. The number of nitrogens with one attached hydrogen (secondary N) is 2. The second-order valence-corrected chi connectivity index (χ2v) is 5.01. The van der Waals surface area contributed by atoms with E-state index in [4.69, 9.17) is 9.47 Å². The average molecular weight is 354 g/mol. The Hall–Kier alpha value is -3.35. The van der Waals surface area contributed by atoms with E-state index in [1.807, 2.05) is 62.4 Å². The molecule has 0 fully saturated rings. The van der Waals surface area contributed by atoms with Gasteiger partial charge in [0.25, 0.3) is 0 Å². The molecule has 0 aliphatic heterocycles. The van der Waals surface area contributed by atoms with Gasteiger partial charge >= 0.3 is 6.03 Å². The highest BCUT2D eigenvalue weighted by molar-refractivity contribution is 5.86. The largest absolute Gasteiger partial charge is 0.493 e. The topological polar surface area (TPSA) is 84.3 Å². The van der Waals surface area contributed by atoms with Crippen LogP contribution in [-0.4, -0.2) is 31.7 Å². The molecule has 2 aromatic carbocycles. The summed E-state index contributed by atoms with van der Waals surface area (Å²) in [6, 6.07) is 14.3. The molecule has 0 unspecified atom stereocenters. The van der Waals surface area contributed by atoms with Gasteiger partial charge in [0.15, 0.2) is 0 Å². The van der Waals surface area contributed by atoms with Crippen molar-refractivity contribution in [3.8, 4) is 11.5 Å². The third-order valence-corrected chi connectivity index (χ3v) is 3.18. The highest BCUT2D eigenvalue weighted by Gasteiger charge is 2.01. The monoisotopic (exact) mass is 354 g/mol. The van der Waals surface area contributed by atoms with Gasteiger partial charge in [-0.1, -0.05) is 24.3 Å². The lowest BCUT2D eigenvalue weighted by Crippen LogP contribution is -2.28. The molecule has 2 N–H and O–H groups in total. The quantitative estimate of drug-likeness (QED) is 0.564. The van der Waals surface area contributed by atoms with Crippen molar-refractivity contribution in [2.24, 2.45) is 10.2 Å². The van der Waals surface area contributed by atoms with Crippen LogP contribution in [0.3, 0.4) is 0 Å². The van der Waals surface area contributed by atoms with E-state index in [-0.39, 0.29) is 0 Å². The van der Waals surface area contributed by atoms with Crippen molar-refractivity contribution >= 4 is 18.5 Å². The predicted molar refractivity (Wildman–Crippen MR) is 102 cm³/mol. The molecule has 0 aromatic heterocycles. The van der Waals surface area contributed by atoms with Crippen molar-refractivity contribution < 1.29 is 14.3 Å². The fraction of sp³-hybridized carbons (Fsp3) is 0.211. The lowest BCUT2D eigenvalue weighted by atomic mass is 10.2. The fourth-order valence-corrected chi connectivity index (χ4v) is 2.09. The van der Waals surface area contributed by atoms with Crippen molar-refractivity contribution in [3.05, 3.63) is 59.7 Å². The van der Waals surface area contributed by atoms with E-state index in [0.29, 0.717) is 24.7 Å². The second-order valence-electron chi connectivity index (χ2n) is 5.01. The Bertz CT molecular complexity index is 711. The van der Waals surface area contributed by atoms with Crippen molar-refractivity contribution in [2.75, 3.05) is 13.2 Å². The molecule has 0 saturated carbocycles. The Morgan fingerprint density at radius 1 is 0.846 bits per heavy atom. The van der Waals surface area contributed by atoms with Gasteiger partial charge in [-0.15, -0.1) is 0 Å². The van der Waals surface area contributed by atoms with Crippen LogP contribution in [0.25, 0.3) is 0 Å². The van der Waals surface area contributed by atoms with Crippen molar-refractivity contribution in [3.63, 3.8) is 0 Å². The van der Waals surface area contributed by atoms with Gasteiger partial charge < -0.3 is 9.47 Å². The second kappa shape index (κ2) is 10.5. The van der Waals surface area contributed by atoms with Gasteiger partial charge in [0.1, 0.15) is 11.5 Å². The summed E-state index contributed by atoms with van der Waals surface area (Å²) in [5, 5.41) is 7.78. The summed E-state index contributed by atoms with van der Waals surface area (Å²) < 4.78 is 11.0. The van der Waals surface area contributed by atoms with Crippen LogP contribution < -0.4 is 20.3 Å². The molecule has 0 bridgehead atoms. The molecule has 2 amide bonds. The maximum Gasteiger partial charge on any atom is 0.355 e. The third-order valence-electron chi connectivity index (χ3n) is 3.18. The maximum absolute atomic E-state index is 11.7. The van der Waals surface area contributed by atoms with Crippen LogP contribution in [0, 0.1) is 0 Å².